The van der Waals surface area contributed by atoms with Gasteiger partial charge in [0.25, 0.3) is 0 Å². The topological polar surface area (TPSA) is 71.1 Å². The number of esters is 1. The molecule has 0 radical (unpaired) electrons. The minimum Gasteiger partial charge on any atom is -0.447 e. The molecule has 2 rings (SSSR count). The van der Waals surface area contributed by atoms with Gasteiger partial charge in [-0.3, -0.25) is 13.6 Å². The molecule has 0 aliphatic heterocycles. The summed E-state index contributed by atoms with van der Waals surface area (Å²) in [5.41, 5.74) is 1.58. The van der Waals surface area contributed by atoms with Crippen LogP contribution < -0.4 is 0 Å². The van der Waals surface area contributed by atoms with E-state index in [2.05, 4.69) is 0 Å². The first-order valence-corrected chi connectivity index (χ1v) is 10.8. The van der Waals surface area contributed by atoms with Gasteiger partial charge >= 0.3 is 13.8 Å². The lowest BCUT2D eigenvalue weighted by atomic mass is 10.1. The van der Waals surface area contributed by atoms with E-state index in [4.69, 9.17) is 29.9 Å². The van der Waals surface area contributed by atoms with E-state index in [0.717, 1.165) is 11.1 Å². The zero-order valence-corrected chi connectivity index (χ0v) is 17.5. The van der Waals surface area contributed by atoms with Crippen molar-refractivity contribution < 1.29 is 27.7 Å². The van der Waals surface area contributed by atoms with Gasteiger partial charge in [0.15, 0.2) is 12.2 Å². The van der Waals surface area contributed by atoms with Gasteiger partial charge in [-0.1, -0.05) is 86.1 Å². The molecule has 0 N–H and O–H groups in total. The SMILES string of the molecule is CC(C)C(OP(=O)(OCc1ccccc1)OCc1ccccc1)C(=O)OCCl. The third-order valence-electron chi connectivity index (χ3n) is 3.74. The molecule has 6 nitrogen and oxygen atoms in total. The summed E-state index contributed by atoms with van der Waals surface area (Å²) in [5, 5.41) is 0. The highest BCUT2D eigenvalue weighted by molar-refractivity contribution is 7.48. The predicted octanol–water partition coefficient (Wildman–Crippen LogP) is 5.31. The Balaban J connectivity index is 2.15. The highest BCUT2D eigenvalue weighted by Crippen LogP contribution is 2.52. The van der Waals surface area contributed by atoms with Crippen LogP contribution in [0.15, 0.2) is 60.7 Å². The fourth-order valence-electron chi connectivity index (χ4n) is 2.27. The Morgan fingerprint density at radius 1 is 0.929 bits per heavy atom. The van der Waals surface area contributed by atoms with Crippen LogP contribution in [0.1, 0.15) is 25.0 Å². The first-order chi connectivity index (χ1) is 13.4. The molecule has 2 aromatic rings. The van der Waals surface area contributed by atoms with Crippen molar-refractivity contribution in [2.45, 2.75) is 33.2 Å². The second kappa shape index (κ2) is 11.3. The number of ether oxygens (including phenoxy) is 1. The van der Waals surface area contributed by atoms with Crippen LogP contribution in [0, 0.1) is 5.92 Å². The van der Waals surface area contributed by atoms with E-state index in [0.29, 0.717) is 0 Å². The monoisotopic (exact) mass is 426 g/mol. The van der Waals surface area contributed by atoms with Crippen molar-refractivity contribution in [3.8, 4) is 0 Å². The highest BCUT2D eigenvalue weighted by atomic mass is 35.5. The summed E-state index contributed by atoms with van der Waals surface area (Å²) in [6, 6.07) is 18.0. The molecule has 0 saturated heterocycles. The second-order valence-electron chi connectivity index (χ2n) is 6.31. The molecule has 0 heterocycles. The van der Waals surface area contributed by atoms with Gasteiger partial charge in [0.1, 0.15) is 0 Å². The van der Waals surface area contributed by atoms with Gasteiger partial charge in [0.05, 0.1) is 13.2 Å². The molecule has 0 aliphatic carbocycles. The summed E-state index contributed by atoms with van der Waals surface area (Å²) in [7, 11) is -4.08. The maximum atomic E-state index is 13.3. The fourth-order valence-corrected chi connectivity index (χ4v) is 3.79. The number of carbonyl (C=O) groups excluding carboxylic acids is 1. The first-order valence-electron chi connectivity index (χ1n) is 8.81. The van der Waals surface area contributed by atoms with Crippen LogP contribution in [0.3, 0.4) is 0 Å². The molecule has 152 valence electrons. The molecule has 1 unspecified atom stereocenters. The maximum Gasteiger partial charge on any atom is 0.476 e. The predicted molar refractivity (Wildman–Crippen MR) is 107 cm³/mol. The van der Waals surface area contributed by atoms with Crippen molar-refractivity contribution in [2.24, 2.45) is 5.92 Å². The molecule has 0 bridgehead atoms. The number of halogens is 1. The molecular formula is C20H24ClO6P. The Bertz CT molecular complexity index is 721. The zero-order chi connectivity index (χ0) is 20.4. The third-order valence-corrected chi connectivity index (χ3v) is 5.23. The highest BCUT2D eigenvalue weighted by Gasteiger charge is 2.37. The standard InChI is InChI=1S/C20H24ClO6P/c1-16(2)19(20(22)24-15-21)27-28(23,25-13-17-9-5-3-6-10-17)26-14-18-11-7-4-8-12-18/h3-12,16,19H,13-15H2,1-2H3. The molecule has 28 heavy (non-hydrogen) atoms. The van der Waals surface area contributed by atoms with E-state index >= 15 is 0 Å². The molecule has 8 heteroatoms. The number of benzene rings is 2. The van der Waals surface area contributed by atoms with Crippen molar-refractivity contribution in [3.05, 3.63) is 71.8 Å². The average Bonchev–Trinajstić information content (AvgIpc) is 2.71. The molecule has 0 saturated carbocycles. The molecule has 0 aromatic heterocycles. The largest absolute Gasteiger partial charge is 0.476 e. The molecule has 0 fully saturated rings. The van der Waals surface area contributed by atoms with Crippen LogP contribution in [0.4, 0.5) is 0 Å². The fraction of sp³-hybridized carbons (Fsp3) is 0.350. The van der Waals surface area contributed by atoms with Crippen molar-refractivity contribution in [2.75, 3.05) is 6.07 Å². The van der Waals surface area contributed by atoms with E-state index in [1.807, 2.05) is 60.7 Å². The molecular weight excluding hydrogens is 403 g/mol. The summed E-state index contributed by atoms with van der Waals surface area (Å²) in [4.78, 5) is 12.1. The number of phosphoric ester groups is 1. The molecule has 0 spiro atoms. The Kier molecular flexibility index (Phi) is 9.16. The lowest BCUT2D eigenvalue weighted by Crippen LogP contribution is -2.31. The number of phosphoric acid groups is 1. The second-order valence-corrected chi connectivity index (χ2v) is 8.15. The lowest BCUT2D eigenvalue weighted by Gasteiger charge is -2.25. The quantitative estimate of drug-likeness (QED) is 0.275. The van der Waals surface area contributed by atoms with E-state index < -0.39 is 19.9 Å². The molecule has 0 aliphatic rings. The van der Waals surface area contributed by atoms with Crippen LogP contribution >= 0.6 is 19.4 Å². The zero-order valence-electron chi connectivity index (χ0n) is 15.8. The molecule has 0 amide bonds. The first kappa shape index (κ1) is 22.6. The summed E-state index contributed by atoms with van der Waals surface area (Å²) in [6.07, 6.45) is -1.14. The van der Waals surface area contributed by atoms with Crippen molar-refractivity contribution in [1.82, 2.24) is 0 Å². The van der Waals surface area contributed by atoms with E-state index in [1.165, 1.54) is 0 Å². The normalized spacial score (nSPS) is 12.7. The van der Waals surface area contributed by atoms with Gasteiger partial charge in [-0.05, 0) is 17.0 Å². The van der Waals surface area contributed by atoms with E-state index in [1.54, 1.807) is 13.8 Å². The number of alkyl halides is 1. The Morgan fingerprint density at radius 2 is 1.39 bits per heavy atom. The summed E-state index contributed by atoms with van der Waals surface area (Å²) in [6.45, 7) is 3.47. The van der Waals surface area contributed by atoms with E-state index in [-0.39, 0.29) is 25.2 Å². The van der Waals surface area contributed by atoms with Crippen LogP contribution in [0.2, 0.25) is 0 Å². The van der Waals surface area contributed by atoms with Gasteiger partial charge in [0, 0.05) is 0 Å². The van der Waals surface area contributed by atoms with Crippen LogP contribution in [0.5, 0.6) is 0 Å². The van der Waals surface area contributed by atoms with Crippen molar-refractivity contribution >= 4 is 25.4 Å². The van der Waals surface area contributed by atoms with Crippen LogP contribution in [0.25, 0.3) is 0 Å². The maximum absolute atomic E-state index is 13.3. The minimum atomic E-state index is -4.08. The summed E-state index contributed by atoms with van der Waals surface area (Å²) < 4.78 is 34.7. The summed E-state index contributed by atoms with van der Waals surface area (Å²) in [5.74, 6) is -1.05. The van der Waals surface area contributed by atoms with Crippen molar-refractivity contribution in [1.29, 1.82) is 0 Å². The summed E-state index contributed by atoms with van der Waals surface area (Å²) >= 11 is 5.47. The number of hydrogen-bond donors (Lipinski definition) is 0. The van der Waals surface area contributed by atoms with Gasteiger partial charge in [-0.2, -0.15) is 0 Å². The number of hydrogen-bond acceptors (Lipinski definition) is 6. The van der Waals surface area contributed by atoms with Crippen molar-refractivity contribution in [3.63, 3.8) is 0 Å². The smallest absolute Gasteiger partial charge is 0.447 e. The minimum absolute atomic E-state index is 0.00226. The molecule has 2 aromatic carbocycles. The van der Waals surface area contributed by atoms with Gasteiger partial charge in [-0.15, -0.1) is 0 Å². The lowest BCUT2D eigenvalue weighted by molar-refractivity contribution is -0.153. The van der Waals surface area contributed by atoms with E-state index in [9.17, 15) is 9.36 Å². The van der Waals surface area contributed by atoms with Crippen LogP contribution in [-0.2, 0) is 40.9 Å². The Morgan fingerprint density at radius 3 is 1.79 bits per heavy atom. The third kappa shape index (κ3) is 7.38. The number of carbonyl (C=O) groups is 1. The Hall–Kier alpha value is -1.69. The average molecular weight is 427 g/mol. The molecule has 1 atom stereocenters. The van der Waals surface area contributed by atoms with Crippen LogP contribution in [-0.4, -0.2) is 18.1 Å². The van der Waals surface area contributed by atoms with Gasteiger partial charge in [0.2, 0.25) is 0 Å². The van der Waals surface area contributed by atoms with Gasteiger partial charge < -0.3 is 4.74 Å². The number of rotatable bonds is 11. The van der Waals surface area contributed by atoms with Gasteiger partial charge in [-0.25, -0.2) is 9.36 Å². The Labute approximate surface area is 170 Å².